The summed E-state index contributed by atoms with van der Waals surface area (Å²) in [5.74, 6) is -0.130. The van der Waals surface area contributed by atoms with Gasteiger partial charge in [0.25, 0.3) is 5.56 Å². The van der Waals surface area contributed by atoms with E-state index < -0.39 is 5.97 Å². The number of nitrogens with zero attached hydrogens (tertiary/aromatic N) is 5. The van der Waals surface area contributed by atoms with E-state index in [1.807, 2.05) is 19.1 Å². The lowest BCUT2D eigenvalue weighted by atomic mass is 10.2. The molecule has 10 heteroatoms. The highest BCUT2D eigenvalue weighted by Gasteiger charge is 2.16. The quantitative estimate of drug-likeness (QED) is 0.485. The van der Waals surface area contributed by atoms with Crippen molar-refractivity contribution in [3.63, 3.8) is 0 Å². The van der Waals surface area contributed by atoms with Crippen LogP contribution in [0.4, 0.5) is 0 Å². The highest BCUT2D eigenvalue weighted by Crippen LogP contribution is 2.20. The molecule has 0 aliphatic heterocycles. The largest absolute Gasteiger partial charge is 0.463 e. The number of rotatable bonds is 4. The van der Waals surface area contributed by atoms with Crippen molar-refractivity contribution in [2.45, 2.75) is 13.5 Å². The molecule has 0 aliphatic rings. The summed E-state index contributed by atoms with van der Waals surface area (Å²) in [6, 6.07) is 8.47. The average Bonchev–Trinajstić information content (AvgIpc) is 3.33. The predicted molar refractivity (Wildman–Crippen MR) is 99.8 cm³/mol. The zero-order chi connectivity index (χ0) is 19.8. The standard InChI is InChI=1S/C18H14ClN5O4/c1-10-3-4-11(7-13(10)19)24-16-15(21-22-24)17(25)23(9-20-16)8-12-5-6-14(28-12)18(26)27-2/h3-7,9H,8H2,1-2H3. The average molecular weight is 400 g/mol. The fourth-order valence-corrected chi connectivity index (χ4v) is 2.86. The zero-order valence-corrected chi connectivity index (χ0v) is 15.7. The molecule has 4 aromatic rings. The number of carbonyl (C=O) groups excluding carboxylic acids is 1. The van der Waals surface area contributed by atoms with Gasteiger partial charge in [0.05, 0.1) is 19.3 Å². The molecule has 3 heterocycles. The summed E-state index contributed by atoms with van der Waals surface area (Å²) in [6.07, 6.45) is 1.38. The van der Waals surface area contributed by atoms with Gasteiger partial charge in [-0.25, -0.2) is 9.78 Å². The van der Waals surface area contributed by atoms with Crippen LogP contribution in [-0.4, -0.2) is 37.6 Å². The fraction of sp³-hybridized carbons (Fsp3) is 0.167. The Balaban J connectivity index is 1.70. The van der Waals surface area contributed by atoms with Crippen molar-refractivity contribution in [3.05, 3.63) is 69.1 Å². The summed E-state index contributed by atoms with van der Waals surface area (Å²) in [7, 11) is 1.26. The van der Waals surface area contributed by atoms with E-state index in [0.717, 1.165) is 5.56 Å². The monoisotopic (exact) mass is 399 g/mol. The zero-order valence-electron chi connectivity index (χ0n) is 14.9. The van der Waals surface area contributed by atoms with E-state index in [2.05, 4.69) is 20.0 Å². The van der Waals surface area contributed by atoms with E-state index in [4.69, 9.17) is 16.0 Å². The van der Waals surface area contributed by atoms with E-state index in [1.165, 1.54) is 28.8 Å². The first-order valence-corrected chi connectivity index (χ1v) is 8.60. The Morgan fingerprint density at radius 3 is 2.86 bits per heavy atom. The molecule has 0 spiro atoms. The highest BCUT2D eigenvalue weighted by atomic mass is 35.5. The molecule has 0 amide bonds. The number of aryl methyl sites for hydroxylation is 1. The Morgan fingerprint density at radius 1 is 1.29 bits per heavy atom. The first-order valence-electron chi connectivity index (χ1n) is 8.22. The van der Waals surface area contributed by atoms with Crippen molar-refractivity contribution in [2.24, 2.45) is 0 Å². The summed E-state index contributed by atoms with van der Waals surface area (Å²) in [5, 5.41) is 8.57. The molecule has 0 fully saturated rings. The Labute approximate surface area is 163 Å². The Hall–Kier alpha value is -3.46. The predicted octanol–water partition coefficient (Wildman–Crippen LogP) is 2.37. The van der Waals surface area contributed by atoms with E-state index in [-0.39, 0.29) is 23.4 Å². The van der Waals surface area contributed by atoms with Crippen LogP contribution in [0.2, 0.25) is 5.02 Å². The van der Waals surface area contributed by atoms with Gasteiger partial charge in [-0.2, -0.15) is 4.68 Å². The number of carbonyl (C=O) groups is 1. The number of methoxy groups -OCH3 is 1. The molecule has 0 radical (unpaired) electrons. The molecule has 3 aromatic heterocycles. The Kier molecular flexibility index (Phi) is 4.44. The SMILES string of the molecule is COC(=O)c1ccc(Cn2cnc3c(nnn3-c3ccc(C)c(Cl)c3)c2=O)o1. The maximum Gasteiger partial charge on any atom is 0.373 e. The number of fused-ring (bicyclic) bond motifs is 1. The third-order valence-electron chi connectivity index (χ3n) is 4.20. The van der Waals surface area contributed by atoms with Gasteiger partial charge < -0.3 is 9.15 Å². The highest BCUT2D eigenvalue weighted by molar-refractivity contribution is 6.31. The minimum atomic E-state index is -0.591. The van der Waals surface area contributed by atoms with E-state index >= 15 is 0 Å². The summed E-state index contributed by atoms with van der Waals surface area (Å²) >= 11 is 6.17. The number of hydrogen-bond donors (Lipinski definition) is 0. The molecule has 0 unspecified atom stereocenters. The third kappa shape index (κ3) is 3.05. The van der Waals surface area contributed by atoms with Crippen LogP contribution < -0.4 is 5.56 Å². The molecule has 142 valence electrons. The molecule has 1 aromatic carbocycles. The van der Waals surface area contributed by atoms with Crippen molar-refractivity contribution in [2.75, 3.05) is 7.11 Å². The van der Waals surface area contributed by atoms with Gasteiger partial charge >= 0.3 is 5.97 Å². The molecule has 0 N–H and O–H groups in total. The van der Waals surface area contributed by atoms with E-state index in [0.29, 0.717) is 22.1 Å². The number of hydrogen-bond acceptors (Lipinski definition) is 7. The number of aromatic nitrogens is 5. The number of furan rings is 1. The molecular formula is C18H14ClN5O4. The second-order valence-corrected chi connectivity index (χ2v) is 6.45. The van der Waals surface area contributed by atoms with Gasteiger partial charge in [0.15, 0.2) is 11.2 Å². The second kappa shape index (κ2) is 6.93. The van der Waals surface area contributed by atoms with Crippen LogP contribution in [0.1, 0.15) is 21.9 Å². The van der Waals surface area contributed by atoms with Gasteiger partial charge in [-0.05, 0) is 36.8 Å². The van der Waals surface area contributed by atoms with Crippen molar-refractivity contribution in [1.29, 1.82) is 0 Å². The summed E-state index contributed by atoms with van der Waals surface area (Å²) in [6.45, 7) is 1.98. The van der Waals surface area contributed by atoms with Crippen LogP contribution in [0.15, 0.2) is 45.9 Å². The Bertz CT molecular complexity index is 1260. The fourth-order valence-electron chi connectivity index (χ4n) is 2.69. The number of halogens is 1. The van der Waals surface area contributed by atoms with Crippen LogP contribution in [0.3, 0.4) is 0 Å². The minimum absolute atomic E-state index is 0.0572. The van der Waals surface area contributed by atoms with Crippen LogP contribution in [0.25, 0.3) is 16.9 Å². The molecule has 0 aliphatic carbocycles. The van der Waals surface area contributed by atoms with Crippen LogP contribution >= 0.6 is 11.6 Å². The van der Waals surface area contributed by atoms with Gasteiger partial charge in [-0.1, -0.05) is 22.9 Å². The van der Waals surface area contributed by atoms with Crippen molar-refractivity contribution >= 4 is 28.7 Å². The molecule has 0 bridgehead atoms. The number of esters is 1. The van der Waals surface area contributed by atoms with Crippen molar-refractivity contribution in [1.82, 2.24) is 24.5 Å². The van der Waals surface area contributed by atoms with Gasteiger partial charge in [-0.15, -0.1) is 5.10 Å². The smallest absolute Gasteiger partial charge is 0.373 e. The van der Waals surface area contributed by atoms with Gasteiger partial charge in [0.1, 0.15) is 12.1 Å². The third-order valence-corrected chi connectivity index (χ3v) is 4.61. The van der Waals surface area contributed by atoms with E-state index in [9.17, 15) is 9.59 Å². The van der Waals surface area contributed by atoms with Crippen LogP contribution in [0.5, 0.6) is 0 Å². The number of ether oxygens (including phenoxy) is 1. The van der Waals surface area contributed by atoms with E-state index in [1.54, 1.807) is 12.1 Å². The second-order valence-electron chi connectivity index (χ2n) is 6.04. The first-order chi connectivity index (χ1) is 13.5. The maximum atomic E-state index is 12.7. The maximum absolute atomic E-state index is 12.7. The Morgan fingerprint density at radius 2 is 2.11 bits per heavy atom. The summed E-state index contributed by atoms with van der Waals surface area (Å²) in [4.78, 5) is 28.5. The van der Waals surface area contributed by atoms with Crippen molar-refractivity contribution in [3.8, 4) is 5.69 Å². The normalized spacial score (nSPS) is 11.1. The topological polar surface area (TPSA) is 105 Å². The number of benzene rings is 1. The summed E-state index contributed by atoms with van der Waals surface area (Å²) in [5.41, 5.74) is 1.62. The van der Waals surface area contributed by atoms with Crippen molar-refractivity contribution < 1.29 is 13.9 Å². The molecule has 0 saturated carbocycles. The molecule has 0 atom stereocenters. The lowest BCUT2D eigenvalue weighted by Crippen LogP contribution is -2.21. The lowest BCUT2D eigenvalue weighted by molar-refractivity contribution is 0.0563. The molecule has 4 rings (SSSR count). The van der Waals surface area contributed by atoms with Crippen LogP contribution in [0, 0.1) is 6.92 Å². The molecule has 9 nitrogen and oxygen atoms in total. The molecule has 28 heavy (non-hydrogen) atoms. The minimum Gasteiger partial charge on any atom is -0.463 e. The lowest BCUT2D eigenvalue weighted by Gasteiger charge is -2.05. The van der Waals surface area contributed by atoms with Gasteiger partial charge in [0, 0.05) is 5.02 Å². The van der Waals surface area contributed by atoms with Crippen LogP contribution in [-0.2, 0) is 11.3 Å². The molecular weight excluding hydrogens is 386 g/mol. The first kappa shape index (κ1) is 17.9. The summed E-state index contributed by atoms with van der Waals surface area (Å²) < 4.78 is 12.8. The molecule has 0 saturated heterocycles. The van der Waals surface area contributed by atoms with Gasteiger partial charge in [0.2, 0.25) is 5.76 Å². The van der Waals surface area contributed by atoms with Gasteiger partial charge in [-0.3, -0.25) is 9.36 Å².